The molecule has 0 aliphatic carbocycles. The van der Waals surface area contributed by atoms with Crippen molar-refractivity contribution in [2.45, 2.75) is 77.2 Å². The molecule has 3 aliphatic rings. The van der Waals surface area contributed by atoms with Crippen molar-refractivity contribution in [3.05, 3.63) is 29.5 Å². The standard InChI is InChI=1S/C30H43N5O4/c1-19-17-35(29(38)39-30(2,3)4)15-12-22(19)18-34-13-10-20(11-14-34)21-6-7-23-25(16-21)33(5)32-27(23)24-8-9-26(36)31-28(24)37/h6-7,16,19-20,22,24H,8-15,17-18H2,1-5H3,(H,31,36,37)/t19-,22+,24?/m0/s1. The maximum Gasteiger partial charge on any atom is 0.410 e. The summed E-state index contributed by atoms with van der Waals surface area (Å²) < 4.78 is 7.45. The first-order valence-electron chi connectivity index (χ1n) is 14.5. The highest BCUT2D eigenvalue weighted by Gasteiger charge is 2.34. The SMILES string of the molecule is C[C@H]1CN(C(=O)OC(C)(C)C)CC[C@@H]1CN1CCC(c2ccc3c(C4CCC(=O)NC4=O)nn(C)c3c2)CC1. The Kier molecular flexibility index (Phi) is 7.73. The highest BCUT2D eigenvalue weighted by molar-refractivity contribution is 6.02. The Labute approximate surface area is 231 Å². The van der Waals surface area contributed by atoms with Crippen LogP contribution in [0.1, 0.15) is 82.9 Å². The Bertz CT molecular complexity index is 1240. The third-order valence-electron chi connectivity index (χ3n) is 8.76. The highest BCUT2D eigenvalue weighted by atomic mass is 16.6. The number of rotatable bonds is 4. The number of hydrogen-bond donors (Lipinski definition) is 1. The molecule has 0 bridgehead atoms. The first-order chi connectivity index (χ1) is 18.5. The minimum absolute atomic E-state index is 0.191. The number of carbonyl (C=O) groups excluding carboxylic acids is 3. The summed E-state index contributed by atoms with van der Waals surface area (Å²) >= 11 is 0. The zero-order valence-electron chi connectivity index (χ0n) is 24.0. The Morgan fingerprint density at radius 1 is 1.10 bits per heavy atom. The summed E-state index contributed by atoms with van der Waals surface area (Å²) in [5.74, 6) is 0.731. The van der Waals surface area contributed by atoms with Gasteiger partial charge in [0.1, 0.15) is 5.60 Å². The summed E-state index contributed by atoms with van der Waals surface area (Å²) in [4.78, 5) is 41.0. The smallest absolute Gasteiger partial charge is 0.410 e. The summed E-state index contributed by atoms with van der Waals surface area (Å²) in [6.45, 7) is 12.8. The Hall–Kier alpha value is -2.94. The zero-order valence-corrected chi connectivity index (χ0v) is 24.0. The number of imide groups is 1. The number of hydrogen-bond acceptors (Lipinski definition) is 6. The van der Waals surface area contributed by atoms with Gasteiger partial charge in [0.2, 0.25) is 11.8 Å². The van der Waals surface area contributed by atoms with Crippen LogP contribution in [0.2, 0.25) is 0 Å². The number of carbonyl (C=O) groups is 3. The number of fused-ring (bicyclic) bond motifs is 1. The van der Waals surface area contributed by atoms with Gasteiger partial charge in [-0.25, -0.2) is 4.79 Å². The third kappa shape index (κ3) is 6.13. The number of piperidine rings is 3. The third-order valence-corrected chi connectivity index (χ3v) is 8.76. The molecular formula is C30H43N5O4. The van der Waals surface area contributed by atoms with E-state index in [0.29, 0.717) is 30.6 Å². The lowest BCUT2D eigenvalue weighted by Gasteiger charge is -2.41. The monoisotopic (exact) mass is 537 g/mol. The van der Waals surface area contributed by atoms with E-state index in [2.05, 4.69) is 35.3 Å². The molecule has 3 amide bonds. The van der Waals surface area contributed by atoms with E-state index in [1.165, 1.54) is 5.56 Å². The van der Waals surface area contributed by atoms with Crippen LogP contribution in [0.5, 0.6) is 0 Å². The van der Waals surface area contributed by atoms with Crippen LogP contribution in [-0.2, 0) is 21.4 Å². The number of amides is 3. The first-order valence-corrected chi connectivity index (χ1v) is 14.5. The van der Waals surface area contributed by atoms with Crippen molar-refractivity contribution in [2.24, 2.45) is 18.9 Å². The lowest BCUT2D eigenvalue weighted by atomic mass is 9.84. The van der Waals surface area contributed by atoms with E-state index in [1.54, 1.807) is 0 Å². The lowest BCUT2D eigenvalue weighted by Crippen LogP contribution is -2.48. The van der Waals surface area contributed by atoms with Gasteiger partial charge in [-0.2, -0.15) is 5.10 Å². The fraction of sp³-hybridized carbons (Fsp3) is 0.667. The molecule has 3 saturated heterocycles. The normalized spacial score (nSPS) is 25.7. The molecule has 4 heterocycles. The van der Waals surface area contributed by atoms with Crippen LogP contribution in [-0.4, -0.2) is 75.8 Å². The number of benzene rings is 1. The summed E-state index contributed by atoms with van der Waals surface area (Å²) in [6, 6.07) is 6.56. The van der Waals surface area contributed by atoms with Gasteiger partial charge < -0.3 is 14.5 Å². The van der Waals surface area contributed by atoms with Crippen LogP contribution in [0.3, 0.4) is 0 Å². The number of aryl methyl sites for hydroxylation is 1. The average Bonchev–Trinajstić information content (AvgIpc) is 3.20. The molecule has 3 atom stereocenters. The molecule has 9 heteroatoms. The van der Waals surface area contributed by atoms with Crippen LogP contribution < -0.4 is 5.32 Å². The molecule has 1 N–H and O–H groups in total. The molecule has 3 aliphatic heterocycles. The van der Waals surface area contributed by atoms with Gasteiger partial charge in [0.05, 0.1) is 17.1 Å². The number of ether oxygens (including phenoxy) is 1. The highest BCUT2D eigenvalue weighted by Crippen LogP contribution is 2.35. The van der Waals surface area contributed by atoms with Crippen molar-refractivity contribution < 1.29 is 19.1 Å². The Morgan fingerprint density at radius 3 is 2.51 bits per heavy atom. The molecule has 3 fully saturated rings. The quantitative estimate of drug-likeness (QED) is 0.588. The maximum absolute atomic E-state index is 12.5. The van der Waals surface area contributed by atoms with Crippen LogP contribution in [0.15, 0.2) is 18.2 Å². The molecule has 0 saturated carbocycles. The van der Waals surface area contributed by atoms with Crippen molar-refractivity contribution >= 4 is 28.8 Å². The maximum atomic E-state index is 12.5. The van der Waals surface area contributed by atoms with Crippen LogP contribution in [0.25, 0.3) is 10.9 Å². The second kappa shape index (κ2) is 10.9. The van der Waals surface area contributed by atoms with Crippen molar-refractivity contribution in [1.82, 2.24) is 24.9 Å². The van der Waals surface area contributed by atoms with Gasteiger partial charge in [0.15, 0.2) is 0 Å². The number of likely N-dealkylation sites (tertiary alicyclic amines) is 2. The average molecular weight is 538 g/mol. The number of nitrogens with one attached hydrogen (secondary N) is 1. The molecular weight excluding hydrogens is 494 g/mol. The van der Waals surface area contributed by atoms with Gasteiger partial charge in [0, 0.05) is 38.5 Å². The molecule has 0 radical (unpaired) electrons. The largest absolute Gasteiger partial charge is 0.444 e. The van der Waals surface area contributed by atoms with Crippen LogP contribution in [0.4, 0.5) is 4.79 Å². The Balaban J connectivity index is 1.16. The number of nitrogens with zero attached hydrogens (tertiary/aromatic N) is 4. The molecule has 212 valence electrons. The molecule has 1 unspecified atom stereocenters. The molecule has 39 heavy (non-hydrogen) atoms. The predicted molar refractivity (Wildman–Crippen MR) is 149 cm³/mol. The van der Waals surface area contributed by atoms with Crippen LogP contribution >= 0.6 is 0 Å². The summed E-state index contributed by atoms with van der Waals surface area (Å²) in [5.41, 5.74) is 2.68. The lowest BCUT2D eigenvalue weighted by molar-refractivity contribution is -0.134. The summed E-state index contributed by atoms with van der Waals surface area (Å²) in [7, 11) is 1.93. The van der Waals surface area contributed by atoms with Gasteiger partial charge in [-0.15, -0.1) is 0 Å². The van der Waals surface area contributed by atoms with E-state index >= 15 is 0 Å². The van der Waals surface area contributed by atoms with Crippen molar-refractivity contribution in [2.75, 3.05) is 32.7 Å². The molecule has 2 aromatic rings. The van der Waals surface area contributed by atoms with Crippen molar-refractivity contribution in [3.8, 4) is 0 Å². The molecule has 5 rings (SSSR count). The number of aromatic nitrogens is 2. The van der Waals surface area contributed by atoms with E-state index < -0.39 is 5.60 Å². The van der Waals surface area contributed by atoms with Gasteiger partial charge in [0.25, 0.3) is 0 Å². The van der Waals surface area contributed by atoms with Gasteiger partial charge in [-0.05, 0) is 88.9 Å². The van der Waals surface area contributed by atoms with Crippen molar-refractivity contribution in [3.63, 3.8) is 0 Å². The topological polar surface area (TPSA) is 96.8 Å². The van der Waals surface area contributed by atoms with Gasteiger partial charge in [-0.1, -0.05) is 19.1 Å². The van der Waals surface area contributed by atoms with Gasteiger partial charge in [-0.3, -0.25) is 19.6 Å². The molecule has 9 nitrogen and oxygen atoms in total. The van der Waals surface area contributed by atoms with Crippen molar-refractivity contribution in [1.29, 1.82) is 0 Å². The van der Waals surface area contributed by atoms with E-state index in [0.717, 1.165) is 68.6 Å². The second-order valence-corrected chi connectivity index (χ2v) is 12.8. The Morgan fingerprint density at radius 2 is 1.85 bits per heavy atom. The summed E-state index contributed by atoms with van der Waals surface area (Å²) in [6.07, 6.45) is 3.93. The fourth-order valence-corrected chi connectivity index (χ4v) is 6.51. The van der Waals surface area contributed by atoms with E-state index in [4.69, 9.17) is 9.84 Å². The zero-order chi connectivity index (χ0) is 27.9. The van der Waals surface area contributed by atoms with E-state index in [-0.39, 0.29) is 23.8 Å². The predicted octanol–water partition coefficient (Wildman–Crippen LogP) is 4.17. The molecule has 1 aromatic carbocycles. The van der Waals surface area contributed by atoms with E-state index in [9.17, 15) is 14.4 Å². The minimum atomic E-state index is -0.460. The molecule has 1 aromatic heterocycles. The molecule has 0 spiro atoms. The van der Waals surface area contributed by atoms with E-state index in [1.807, 2.05) is 37.4 Å². The van der Waals surface area contributed by atoms with Gasteiger partial charge >= 0.3 is 6.09 Å². The summed E-state index contributed by atoms with van der Waals surface area (Å²) in [5, 5.41) is 8.16. The second-order valence-electron chi connectivity index (χ2n) is 12.8. The first kappa shape index (κ1) is 27.6. The fourth-order valence-electron chi connectivity index (χ4n) is 6.51. The minimum Gasteiger partial charge on any atom is -0.444 e. The van der Waals surface area contributed by atoms with Crippen LogP contribution in [0, 0.1) is 11.8 Å².